The molecule has 0 bridgehead atoms. The molecule has 0 N–H and O–H groups in total. The molecule has 1 aliphatic heterocycles. The van der Waals surface area contributed by atoms with Crippen molar-refractivity contribution in [1.29, 1.82) is 0 Å². The molecule has 1 aliphatic carbocycles. The van der Waals surface area contributed by atoms with Gasteiger partial charge in [-0.05, 0) is 94.0 Å². The maximum atomic E-state index is 14.0. The number of rotatable bonds is 7. The normalized spacial score (nSPS) is 18.5. The van der Waals surface area contributed by atoms with Crippen molar-refractivity contribution in [3.63, 3.8) is 0 Å². The van der Waals surface area contributed by atoms with Crippen molar-refractivity contribution in [2.75, 3.05) is 11.5 Å². The molecule has 1 unspecified atom stereocenters. The van der Waals surface area contributed by atoms with Crippen LogP contribution in [-0.2, 0) is 24.3 Å². The van der Waals surface area contributed by atoms with Gasteiger partial charge in [-0.1, -0.05) is 6.07 Å². The first-order valence-electron chi connectivity index (χ1n) is 11.7. The van der Waals surface area contributed by atoms with E-state index in [-0.39, 0.29) is 24.0 Å². The summed E-state index contributed by atoms with van der Waals surface area (Å²) < 4.78 is 34.3. The van der Waals surface area contributed by atoms with E-state index in [0.717, 1.165) is 16.0 Å². The average Bonchev–Trinajstić information content (AvgIpc) is 3.58. The van der Waals surface area contributed by atoms with Gasteiger partial charge in [-0.2, -0.15) is 4.31 Å². The summed E-state index contributed by atoms with van der Waals surface area (Å²) in [7, 11) is -4.04. The summed E-state index contributed by atoms with van der Waals surface area (Å²) in [4.78, 5) is 39.6. The average molecular weight is 499 g/mol. The highest BCUT2D eigenvalue weighted by Crippen LogP contribution is 2.40. The number of amides is 2. The molecule has 186 valence electrons. The van der Waals surface area contributed by atoms with Crippen molar-refractivity contribution in [2.45, 2.75) is 70.9 Å². The Bertz CT molecular complexity index is 1290. The number of anilines is 1. The number of esters is 1. The van der Waals surface area contributed by atoms with Crippen LogP contribution in [0.5, 0.6) is 0 Å². The fourth-order valence-electron chi connectivity index (χ4n) is 4.67. The standard InChI is InChI=1S/C26H30N2O6S/c1-6-34-26(31)19-7-9-20(10-8-19)27-23(29)14-22(25(27)30)28(21-11-12-21)35(32,33)24-17(4)15(2)13-16(3)18(24)5/h7-10,13,21-22H,6,11-12,14H2,1-5H3. The van der Waals surface area contributed by atoms with Crippen LogP contribution in [0, 0.1) is 27.7 Å². The third-order valence-electron chi connectivity index (χ3n) is 6.81. The summed E-state index contributed by atoms with van der Waals surface area (Å²) in [6.45, 7) is 9.23. The number of aryl methyl sites for hydroxylation is 2. The van der Waals surface area contributed by atoms with E-state index in [1.807, 2.05) is 19.9 Å². The molecule has 2 aliphatic rings. The molecular weight excluding hydrogens is 468 g/mol. The van der Waals surface area contributed by atoms with Crippen LogP contribution in [0.1, 0.15) is 58.8 Å². The van der Waals surface area contributed by atoms with Gasteiger partial charge < -0.3 is 4.74 Å². The number of sulfonamides is 1. The third-order valence-corrected chi connectivity index (χ3v) is 9.04. The Morgan fingerprint density at radius 2 is 1.60 bits per heavy atom. The van der Waals surface area contributed by atoms with Crippen LogP contribution in [-0.4, -0.2) is 49.2 Å². The minimum atomic E-state index is -4.04. The van der Waals surface area contributed by atoms with Crippen LogP contribution < -0.4 is 4.90 Å². The zero-order chi connectivity index (χ0) is 25.7. The predicted molar refractivity (Wildman–Crippen MR) is 131 cm³/mol. The van der Waals surface area contributed by atoms with Gasteiger partial charge >= 0.3 is 5.97 Å². The Kier molecular flexibility index (Phi) is 6.59. The van der Waals surface area contributed by atoms with Gasteiger partial charge in [-0.3, -0.25) is 9.59 Å². The van der Waals surface area contributed by atoms with Crippen molar-refractivity contribution in [3.05, 3.63) is 58.1 Å². The summed E-state index contributed by atoms with van der Waals surface area (Å²) in [5, 5.41) is 0. The second-order valence-corrected chi connectivity index (χ2v) is 11.0. The molecule has 4 rings (SSSR count). The van der Waals surface area contributed by atoms with Crippen molar-refractivity contribution in [3.8, 4) is 0 Å². The number of hydrogen-bond donors (Lipinski definition) is 0. The fourth-order valence-corrected chi connectivity index (χ4v) is 7.08. The van der Waals surface area contributed by atoms with Gasteiger partial charge in [-0.25, -0.2) is 18.1 Å². The van der Waals surface area contributed by atoms with E-state index < -0.39 is 33.8 Å². The number of carbonyl (C=O) groups is 3. The second kappa shape index (κ2) is 9.20. The molecule has 0 radical (unpaired) electrons. The Morgan fingerprint density at radius 1 is 1.03 bits per heavy atom. The Labute approximate surface area is 205 Å². The number of hydrogen-bond acceptors (Lipinski definition) is 6. The quantitative estimate of drug-likeness (QED) is 0.427. The first-order valence-corrected chi connectivity index (χ1v) is 13.2. The summed E-state index contributed by atoms with van der Waals surface area (Å²) >= 11 is 0. The second-order valence-electron chi connectivity index (χ2n) is 9.21. The van der Waals surface area contributed by atoms with Crippen LogP contribution in [0.15, 0.2) is 35.2 Å². The number of benzene rings is 2. The molecule has 1 saturated carbocycles. The molecule has 1 heterocycles. The lowest BCUT2D eigenvalue weighted by molar-refractivity contribution is -0.122. The smallest absolute Gasteiger partial charge is 0.338 e. The van der Waals surface area contributed by atoms with E-state index in [1.165, 1.54) is 28.6 Å². The lowest BCUT2D eigenvalue weighted by atomic mass is 10.0. The molecule has 2 aromatic carbocycles. The van der Waals surface area contributed by atoms with Crippen LogP contribution in [0.25, 0.3) is 0 Å². The van der Waals surface area contributed by atoms with Crippen LogP contribution >= 0.6 is 0 Å². The number of nitrogens with zero attached hydrogens (tertiary/aromatic N) is 2. The molecule has 0 spiro atoms. The number of ether oxygens (including phenoxy) is 1. The van der Waals surface area contributed by atoms with Gasteiger partial charge in [0.1, 0.15) is 6.04 Å². The van der Waals surface area contributed by atoms with Crippen molar-refractivity contribution >= 4 is 33.5 Å². The Hall–Kier alpha value is -3.04. The van der Waals surface area contributed by atoms with E-state index in [4.69, 9.17) is 4.74 Å². The lowest BCUT2D eigenvalue weighted by Gasteiger charge is -2.29. The summed E-state index contributed by atoms with van der Waals surface area (Å²) in [5.41, 5.74) is 3.62. The van der Waals surface area contributed by atoms with E-state index >= 15 is 0 Å². The number of carbonyl (C=O) groups excluding carboxylic acids is 3. The molecule has 2 amide bonds. The van der Waals surface area contributed by atoms with Crippen LogP contribution in [0.3, 0.4) is 0 Å². The van der Waals surface area contributed by atoms with Gasteiger partial charge in [0.2, 0.25) is 15.9 Å². The molecule has 9 heteroatoms. The van der Waals surface area contributed by atoms with Crippen molar-refractivity contribution in [1.82, 2.24) is 4.31 Å². The van der Waals surface area contributed by atoms with Gasteiger partial charge in [0.05, 0.1) is 29.2 Å². The van der Waals surface area contributed by atoms with Gasteiger partial charge in [0, 0.05) is 6.04 Å². The molecular formula is C26H30N2O6S. The van der Waals surface area contributed by atoms with Gasteiger partial charge in [0.15, 0.2) is 0 Å². The van der Waals surface area contributed by atoms with Gasteiger partial charge in [-0.15, -0.1) is 0 Å². The minimum Gasteiger partial charge on any atom is -0.462 e. The highest BCUT2D eigenvalue weighted by Gasteiger charge is 2.52. The third kappa shape index (κ3) is 4.38. The summed E-state index contributed by atoms with van der Waals surface area (Å²) in [5.74, 6) is -1.55. The highest BCUT2D eigenvalue weighted by atomic mass is 32.2. The largest absolute Gasteiger partial charge is 0.462 e. The van der Waals surface area contributed by atoms with Crippen molar-refractivity contribution in [2.24, 2.45) is 0 Å². The molecule has 0 aromatic heterocycles. The first kappa shape index (κ1) is 25.1. The summed E-state index contributed by atoms with van der Waals surface area (Å²) in [6, 6.07) is 6.50. The Balaban J connectivity index is 1.70. The first-order chi connectivity index (χ1) is 16.5. The molecule has 8 nitrogen and oxygen atoms in total. The molecule has 35 heavy (non-hydrogen) atoms. The van der Waals surface area contributed by atoms with Crippen LogP contribution in [0.2, 0.25) is 0 Å². The van der Waals surface area contributed by atoms with E-state index in [2.05, 4.69) is 0 Å². The predicted octanol–water partition coefficient (Wildman–Crippen LogP) is 3.58. The Morgan fingerprint density at radius 3 is 2.11 bits per heavy atom. The van der Waals surface area contributed by atoms with E-state index in [1.54, 1.807) is 20.8 Å². The molecule has 2 fully saturated rings. The van der Waals surface area contributed by atoms with Crippen LogP contribution in [0.4, 0.5) is 5.69 Å². The summed E-state index contributed by atoms with van der Waals surface area (Å²) in [6.07, 6.45) is 1.07. The topological polar surface area (TPSA) is 101 Å². The van der Waals surface area contributed by atoms with Gasteiger partial charge in [0.25, 0.3) is 5.91 Å². The maximum Gasteiger partial charge on any atom is 0.338 e. The van der Waals surface area contributed by atoms with E-state index in [9.17, 15) is 22.8 Å². The fraction of sp³-hybridized carbons (Fsp3) is 0.423. The number of imide groups is 1. The van der Waals surface area contributed by atoms with Crippen molar-refractivity contribution < 1.29 is 27.5 Å². The lowest BCUT2D eigenvalue weighted by Crippen LogP contribution is -2.47. The SMILES string of the molecule is CCOC(=O)c1ccc(N2C(=O)CC(N(C3CC3)S(=O)(=O)c3c(C)c(C)cc(C)c3C)C2=O)cc1. The monoisotopic (exact) mass is 498 g/mol. The maximum absolute atomic E-state index is 14.0. The zero-order valence-corrected chi connectivity index (χ0v) is 21.4. The van der Waals surface area contributed by atoms with E-state index in [0.29, 0.717) is 35.2 Å². The molecule has 1 atom stereocenters. The zero-order valence-electron chi connectivity index (χ0n) is 20.6. The molecule has 1 saturated heterocycles. The molecule has 2 aromatic rings. The minimum absolute atomic E-state index is 0.222. The highest BCUT2D eigenvalue weighted by molar-refractivity contribution is 7.89.